The molecule has 0 saturated carbocycles. The zero-order valence-corrected chi connectivity index (χ0v) is 12.0. The van der Waals surface area contributed by atoms with Gasteiger partial charge in [0, 0.05) is 44.5 Å². The van der Waals surface area contributed by atoms with E-state index in [-0.39, 0.29) is 0 Å². The van der Waals surface area contributed by atoms with Crippen LogP contribution in [0.3, 0.4) is 0 Å². The van der Waals surface area contributed by atoms with Crippen molar-refractivity contribution in [3.63, 3.8) is 0 Å². The molecule has 0 saturated heterocycles. The fourth-order valence-corrected chi connectivity index (χ4v) is 2.60. The SMILES string of the molecule is COc1cc2c(nn1)CCN(CC(O)Cn1cccn1)C2. The molecule has 0 amide bonds. The predicted molar refractivity (Wildman–Crippen MR) is 75.8 cm³/mol. The maximum atomic E-state index is 10.2. The predicted octanol–water partition coefficient (Wildman–Crippen LogP) is 0.101. The number of hydrogen-bond donors (Lipinski definition) is 1. The van der Waals surface area contributed by atoms with Crippen LogP contribution >= 0.6 is 0 Å². The Balaban J connectivity index is 1.60. The Hall–Kier alpha value is -1.99. The summed E-state index contributed by atoms with van der Waals surface area (Å²) in [6.45, 7) is 2.76. The second kappa shape index (κ2) is 6.19. The van der Waals surface area contributed by atoms with Crippen molar-refractivity contribution in [2.24, 2.45) is 0 Å². The van der Waals surface area contributed by atoms with Crippen LogP contribution in [-0.2, 0) is 19.5 Å². The molecule has 0 fully saturated rings. The van der Waals surface area contributed by atoms with Crippen molar-refractivity contribution >= 4 is 0 Å². The molecule has 7 nitrogen and oxygen atoms in total. The zero-order chi connectivity index (χ0) is 14.7. The van der Waals surface area contributed by atoms with Gasteiger partial charge in [-0.1, -0.05) is 0 Å². The molecule has 0 bridgehead atoms. The number of aliphatic hydroxyl groups excluding tert-OH is 1. The number of ether oxygens (including phenoxy) is 1. The lowest BCUT2D eigenvalue weighted by molar-refractivity contribution is 0.0883. The van der Waals surface area contributed by atoms with E-state index in [1.165, 1.54) is 0 Å². The first-order valence-electron chi connectivity index (χ1n) is 7.02. The van der Waals surface area contributed by atoms with Gasteiger partial charge in [0.15, 0.2) is 0 Å². The van der Waals surface area contributed by atoms with Crippen molar-refractivity contribution in [1.82, 2.24) is 24.9 Å². The molecule has 7 heteroatoms. The summed E-state index contributed by atoms with van der Waals surface area (Å²) in [5, 5.41) is 22.5. The molecule has 112 valence electrons. The van der Waals surface area contributed by atoms with Crippen LogP contribution in [0, 0.1) is 0 Å². The third-order valence-electron chi connectivity index (χ3n) is 3.63. The minimum Gasteiger partial charge on any atom is -0.480 e. The highest BCUT2D eigenvalue weighted by Gasteiger charge is 2.21. The van der Waals surface area contributed by atoms with E-state index in [9.17, 15) is 5.11 Å². The molecule has 1 unspecified atom stereocenters. The van der Waals surface area contributed by atoms with Crippen molar-refractivity contribution in [1.29, 1.82) is 0 Å². The molecule has 1 aliphatic heterocycles. The van der Waals surface area contributed by atoms with Gasteiger partial charge in [0.2, 0.25) is 5.88 Å². The van der Waals surface area contributed by atoms with Crippen LogP contribution in [0.25, 0.3) is 0 Å². The van der Waals surface area contributed by atoms with Gasteiger partial charge in [-0.15, -0.1) is 5.10 Å². The van der Waals surface area contributed by atoms with E-state index >= 15 is 0 Å². The molecule has 0 radical (unpaired) electrons. The van der Waals surface area contributed by atoms with Gasteiger partial charge in [-0.2, -0.15) is 10.2 Å². The molecule has 3 heterocycles. The standard InChI is InChI=1S/C14H19N5O2/c1-21-14-7-11-8-18(6-3-13(11)16-17-14)9-12(20)10-19-5-2-4-15-19/h2,4-5,7,12,20H,3,6,8-10H2,1H3. The van der Waals surface area contributed by atoms with Crippen molar-refractivity contribution < 1.29 is 9.84 Å². The first kappa shape index (κ1) is 14.0. The van der Waals surface area contributed by atoms with Gasteiger partial charge in [-0.25, -0.2) is 0 Å². The normalized spacial score (nSPS) is 16.5. The lowest BCUT2D eigenvalue weighted by Gasteiger charge is -2.29. The third kappa shape index (κ3) is 3.37. The number of aliphatic hydroxyl groups is 1. The van der Waals surface area contributed by atoms with E-state index in [0.29, 0.717) is 19.0 Å². The minimum absolute atomic E-state index is 0.442. The summed E-state index contributed by atoms with van der Waals surface area (Å²) in [5.74, 6) is 0.535. The summed E-state index contributed by atoms with van der Waals surface area (Å²) in [7, 11) is 1.59. The summed E-state index contributed by atoms with van der Waals surface area (Å²) in [6.07, 6.45) is 3.98. The Kier molecular flexibility index (Phi) is 4.12. The number of aromatic nitrogens is 4. The van der Waals surface area contributed by atoms with E-state index in [2.05, 4.69) is 20.2 Å². The fraction of sp³-hybridized carbons (Fsp3) is 0.500. The van der Waals surface area contributed by atoms with Gasteiger partial charge >= 0.3 is 0 Å². The number of methoxy groups -OCH3 is 1. The summed E-state index contributed by atoms with van der Waals surface area (Å²) in [4.78, 5) is 2.22. The lowest BCUT2D eigenvalue weighted by Crippen LogP contribution is -2.38. The molecule has 21 heavy (non-hydrogen) atoms. The average Bonchev–Trinajstić information content (AvgIpc) is 2.99. The van der Waals surface area contributed by atoms with Crippen LogP contribution in [0.1, 0.15) is 11.3 Å². The molecule has 2 aromatic rings. The Morgan fingerprint density at radius 2 is 2.29 bits per heavy atom. The van der Waals surface area contributed by atoms with Gasteiger partial charge in [0.25, 0.3) is 0 Å². The smallest absolute Gasteiger partial charge is 0.233 e. The molecule has 0 spiro atoms. The van der Waals surface area contributed by atoms with Gasteiger partial charge in [-0.3, -0.25) is 9.58 Å². The summed E-state index contributed by atoms with van der Waals surface area (Å²) in [6, 6.07) is 3.78. The second-order valence-corrected chi connectivity index (χ2v) is 5.23. The molecular weight excluding hydrogens is 270 g/mol. The Bertz CT molecular complexity index is 587. The third-order valence-corrected chi connectivity index (χ3v) is 3.63. The van der Waals surface area contributed by atoms with Crippen LogP contribution in [0.15, 0.2) is 24.5 Å². The van der Waals surface area contributed by atoms with Gasteiger partial charge in [-0.05, 0) is 11.6 Å². The highest BCUT2D eigenvalue weighted by molar-refractivity contribution is 5.26. The van der Waals surface area contributed by atoms with E-state index in [4.69, 9.17) is 4.74 Å². The fourth-order valence-electron chi connectivity index (χ4n) is 2.60. The topological polar surface area (TPSA) is 76.3 Å². The first-order chi connectivity index (χ1) is 10.2. The molecule has 0 aliphatic carbocycles. The quantitative estimate of drug-likeness (QED) is 0.841. The van der Waals surface area contributed by atoms with Gasteiger partial charge in [0.05, 0.1) is 25.5 Å². The molecular formula is C14H19N5O2. The van der Waals surface area contributed by atoms with E-state index in [1.807, 2.05) is 18.3 Å². The van der Waals surface area contributed by atoms with Crippen molar-refractivity contribution in [3.8, 4) is 5.88 Å². The number of hydrogen-bond acceptors (Lipinski definition) is 6. The molecule has 0 aromatic carbocycles. The second-order valence-electron chi connectivity index (χ2n) is 5.23. The lowest BCUT2D eigenvalue weighted by atomic mass is 10.1. The number of fused-ring (bicyclic) bond motifs is 1. The largest absolute Gasteiger partial charge is 0.480 e. The van der Waals surface area contributed by atoms with Crippen molar-refractivity contribution in [3.05, 3.63) is 35.8 Å². The van der Waals surface area contributed by atoms with Gasteiger partial charge < -0.3 is 9.84 Å². The zero-order valence-electron chi connectivity index (χ0n) is 12.0. The molecule has 2 aromatic heterocycles. The van der Waals surface area contributed by atoms with Crippen molar-refractivity contribution in [2.45, 2.75) is 25.6 Å². The van der Waals surface area contributed by atoms with Crippen molar-refractivity contribution in [2.75, 3.05) is 20.2 Å². The minimum atomic E-state index is -0.442. The number of rotatable bonds is 5. The van der Waals surface area contributed by atoms with Crippen LogP contribution in [-0.4, -0.2) is 56.3 Å². The number of β-amino-alcohol motifs (C(OH)–C–C–N with tert-alkyl or cyclic N) is 1. The maximum Gasteiger partial charge on any atom is 0.233 e. The van der Waals surface area contributed by atoms with E-state index < -0.39 is 6.10 Å². The summed E-state index contributed by atoms with van der Waals surface area (Å²) in [5.41, 5.74) is 2.15. The van der Waals surface area contributed by atoms with Gasteiger partial charge in [0.1, 0.15) is 0 Å². The van der Waals surface area contributed by atoms with E-state index in [1.54, 1.807) is 18.0 Å². The average molecular weight is 289 g/mol. The summed E-state index contributed by atoms with van der Waals surface area (Å²) < 4.78 is 6.86. The van der Waals surface area contributed by atoms with Crippen LogP contribution in [0.2, 0.25) is 0 Å². The highest BCUT2D eigenvalue weighted by Crippen LogP contribution is 2.19. The monoisotopic (exact) mass is 289 g/mol. The molecule has 1 aliphatic rings. The Labute approximate surface area is 123 Å². The number of nitrogens with zero attached hydrogens (tertiary/aromatic N) is 5. The molecule has 1 N–H and O–H groups in total. The van der Waals surface area contributed by atoms with Crippen LogP contribution < -0.4 is 4.74 Å². The Morgan fingerprint density at radius 1 is 1.38 bits per heavy atom. The Morgan fingerprint density at radius 3 is 3.05 bits per heavy atom. The van der Waals surface area contributed by atoms with Crippen LogP contribution in [0.5, 0.6) is 5.88 Å². The first-order valence-corrected chi connectivity index (χ1v) is 7.02. The molecule has 1 atom stereocenters. The molecule has 3 rings (SSSR count). The highest BCUT2D eigenvalue weighted by atomic mass is 16.5. The van der Waals surface area contributed by atoms with Crippen LogP contribution in [0.4, 0.5) is 0 Å². The van der Waals surface area contributed by atoms with E-state index in [0.717, 1.165) is 30.8 Å². The maximum absolute atomic E-state index is 10.2. The summed E-state index contributed by atoms with van der Waals surface area (Å²) >= 11 is 0.